The summed E-state index contributed by atoms with van der Waals surface area (Å²) in [4.78, 5) is 10.9. The first-order valence-corrected chi connectivity index (χ1v) is 6.56. The summed E-state index contributed by atoms with van der Waals surface area (Å²) >= 11 is 4.34. The Kier molecular flexibility index (Phi) is 3.97. The lowest BCUT2D eigenvalue weighted by molar-refractivity contribution is -0.116. The van der Waals surface area contributed by atoms with Gasteiger partial charge in [0.2, 0.25) is 5.91 Å². The van der Waals surface area contributed by atoms with Crippen LogP contribution in [0.15, 0.2) is 26.8 Å². The average Bonchev–Trinajstić information content (AvgIpc) is 2.68. The molecule has 0 aromatic heterocycles. The number of amidine groups is 1. The van der Waals surface area contributed by atoms with Crippen LogP contribution < -0.4 is 5.32 Å². The predicted molar refractivity (Wildman–Crippen MR) is 71.4 cm³/mol. The van der Waals surface area contributed by atoms with Crippen LogP contribution in [0.4, 0.5) is 4.39 Å². The van der Waals surface area contributed by atoms with Crippen LogP contribution in [-0.4, -0.2) is 28.1 Å². The lowest BCUT2D eigenvalue weighted by atomic mass is 10.2. The highest BCUT2D eigenvalue weighted by Crippen LogP contribution is 2.25. The van der Waals surface area contributed by atoms with Gasteiger partial charge in [-0.1, -0.05) is 11.8 Å². The molecule has 5 nitrogen and oxygen atoms in total. The summed E-state index contributed by atoms with van der Waals surface area (Å²) < 4.78 is 13.3. The molecule has 0 spiro atoms. The maximum Gasteiger partial charge on any atom is 0.236 e. The number of aromatic hydroxyl groups is 1. The number of halogens is 2. The van der Waals surface area contributed by atoms with Gasteiger partial charge in [0.1, 0.15) is 11.6 Å². The van der Waals surface area contributed by atoms with E-state index in [2.05, 4.69) is 31.4 Å². The fourth-order valence-electron chi connectivity index (χ4n) is 1.22. The molecular formula is C10H7BrFN3O2S. The highest BCUT2D eigenvalue weighted by Gasteiger charge is 2.16. The molecule has 18 heavy (non-hydrogen) atoms. The molecule has 0 unspecified atom stereocenters. The van der Waals surface area contributed by atoms with Gasteiger partial charge in [-0.25, -0.2) is 4.39 Å². The van der Waals surface area contributed by atoms with Crippen molar-refractivity contribution in [1.82, 2.24) is 5.32 Å². The standard InChI is InChI=1S/C10H7BrFN3O2S/c11-7-1-5(12)2-8(16)6(7)3-13-15-10-14-9(17)4-18-10/h1-3,16H,4H2,(H,14,15,17). The van der Waals surface area contributed by atoms with Gasteiger partial charge in [-0.3, -0.25) is 4.79 Å². The molecule has 0 atom stereocenters. The van der Waals surface area contributed by atoms with Crippen LogP contribution in [0.5, 0.6) is 5.75 Å². The quantitative estimate of drug-likeness (QED) is 0.641. The van der Waals surface area contributed by atoms with E-state index in [1.54, 1.807) is 0 Å². The number of nitrogens with zero attached hydrogens (tertiary/aromatic N) is 2. The van der Waals surface area contributed by atoms with E-state index in [0.29, 0.717) is 21.0 Å². The van der Waals surface area contributed by atoms with E-state index in [1.807, 2.05) is 0 Å². The Labute approximate surface area is 114 Å². The number of hydrogen-bond acceptors (Lipinski definition) is 5. The Morgan fingerprint density at radius 3 is 2.94 bits per heavy atom. The fraction of sp³-hybridized carbons (Fsp3) is 0.100. The van der Waals surface area contributed by atoms with Crippen LogP contribution in [0, 0.1) is 5.82 Å². The number of benzene rings is 1. The van der Waals surface area contributed by atoms with E-state index in [4.69, 9.17) is 0 Å². The maximum atomic E-state index is 12.9. The van der Waals surface area contributed by atoms with Crippen LogP contribution in [0.1, 0.15) is 5.56 Å². The first-order valence-electron chi connectivity index (χ1n) is 4.78. The van der Waals surface area contributed by atoms with Gasteiger partial charge in [-0.15, -0.1) is 5.10 Å². The molecule has 0 bridgehead atoms. The van der Waals surface area contributed by atoms with Gasteiger partial charge in [0.15, 0.2) is 5.17 Å². The molecule has 1 aromatic rings. The molecule has 1 aliphatic heterocycles. The minimum absolute atomic E-state index is 0.125. The molecule has 1 heterocycles. The number of amides is 1. The second-order valence-electron chi connectivity index (χ2n) is 3.31. The van der Waals surface area contributed by atoms with Gasteiger partial charge in [0.25, 0.3) is 0 Å². The zero-order valence-electron chi connectivity index (χ0n) is 8.85. The monoisotopic (exact) mass is 331 g/mol. The van der Waals surface area contributed by atoms with Crippen molar-refractivity contribution in [1.29, 1.82) is 0 Å². The van der Waals surface area contributed by atoms with Crippen molar-refractivity contribution < 1.29 is 14.3 Å². The van der Waals surface area contributed by atoms with Crippen molar-refractivity contribution in [2.75, 3.05) is 5.75 Å². The van der Waals surface area contributed by atoms with E-state index in [9.17, 15) is 14.3 Å². The number of carbonyl (C=O) groups excluding carboxylic acids is 1. The molecule has 0 radical (unpaired) electrons. The fourth-order valence-corrected chi connectivity index (χ4v) is 2.37. The predicted octanol–water partition coefficient (Wildman–Crippen LogP) is 1.85. The van der Waals surface area contributed by atoms with E-state index in [-0.39, 0.29) is 11.7 Å². The molecule has 1 aliphatic rings. The van der Waals surface area contributed by atoms with E-state index in [1.165, 1.54) is 24.0 Å². The normalized spacial score (nSPS) is 17.7. The number of hydrogen-bond donors (Lipinski definition) is 2. The Morgan fingerprint density at radius 2 is 2.33 bits per heavy atom. The molecule has 2 N–H and O–H groups in total. The largest absolute Gasteiger partial charge is 0.507 e. The van der Waals surface area contributed by atoms with E-state index < -0.39 is 5.82 Å². The third kappa shape index (κ3) is 3.08. The lowest BCUT2D eigenvalue weighted by Gasteiger charge is -2.01. The van der Waals surface area contributed by atoms with Crippen molar-refractivity contribution in [2.45, 2.75) is 0 Å². The number of phenols is 1. The van der Waals surface area contributed by atoms with Crippen LogP contribution in [0.25, 0.3) is 0 Å². The molecule has 1 aromatic carbocycles. The molecule has 94 valence electrons. The number of phenolic OH excluding ortho intramolecular Hbond substituents is 1. The molecule has 2 rings (SSSR count). The summed E-state index contributed by atoms with van der Waals surface area (Å²) in [6, 6.07) is 2.19. The molecule has 8 heteroatoms. The first kappa shape index (κ1) is 13.0. The number of nitrogens with one attached hydrogen (secondary N) is 1. The smallest absolute Gasteiger partial charge is 0.236 e. The first-order chi connectivity index (χ1) is 8.56. The van der Waals surface area contributed by atoms with Crippen LogP contribution in [0.2, 0.25) is 0 Å². The molecule has 1 fully saturated rings. The van der Waals surface area contributed by atoms with Gasteiger partial charge in [-0.05, 0) is 22.0 Å². The SMILES string of the molecule is O=C1CSC(=NN=Cc2c(O)cc(F)cc2Br)N1. The van der Waals surface area contributed by atoms with Crippen molar-refractivity contribution in [3.05, 3.63) is 28.0 Å². The van der Waals surface area contributed by atoms with E-state index >= 15 is 0 Å². The van der Waals surface area contributed by atoms with E-state index in [0.717, 1.165) is 6.07 Å². The van der Waals surface area contributed by atoms with Crippen molar-refractivity contribution in [2.24, 2.45) is 10.2 Å². The summed E-state index contributed by atoms with van der Waals surface area (Å²) in [6.07, 6.45) is 1.27. The van der Waals surface area contributed by atoms with Gasteiger partial charge in [-0.2, -0.15) is 5.10 Å². The number of carbonyl (C=O) groups is 1. The van der Waals surface area contributed by atoms with Crippen molar-refractivity contribution >= 4 is 45.0 Å². The second-order valence-corrected chi connectivity index (χ2v) is 5.13. The third-order valence-corrected chi connectivity index (χ3v) is 3.51. The molecule has 1 saturated heterocycles. The van der Waals surface area contributed by atoms with Crippen molar-refractivity contribution in [3.8, 4) is 5.75 Å². The zero-order chi connectivity index (χ0) is 13.1. The number of thioether (sulfide) groups is 1. The highest BCUT2D eigenvalue weighted by molar-refractivity contribution is 9.10. The summed E-state index contributed by atoms with van der Waals surface area (Å²) in [7, 11) is 0. The van der Waals surface area contributed by atoms with Crippen molar-refractivity contribution in [3.63, 3.8) is 0 Å². The Hall–Kier alpha value is -1.41. The molecule has 1 amide bonds. The minimum atomic E-state index is -0.554. The van der Waals surface area contributed by atoms with Crippen LogP contribution in [0.3, 0.4) is 0 Å². The Bertz CT molecular complexity index is 539. The summed E-state index contributed by atoms with van der Waals surface area (Å²) in [5.41, 5.74) is 0.315. The Balaban J connectivity index is 2.17. The second kappa shape index (κ2) is 5.49. The summed E-state index contributed by atoms with van der Waals surface area (Å²) in [5, 5.41) is 19.9. The van der Waals surface area contributed by atoms with Gasteiger partial charge < -0.3 is 10.4 Å². The average molecular weight is 332 g/mol. The maximum absolute atomic E-state index is 12.9. The minimum Gasteiger partial charge on any atom is -0.507 e. The summed E-state index contributed by atoms with van der Waals surface area (Å²) in [5.74, 6) is -0.602. The molecular weight excluding hydrogens is 325 g/mol. The van der Waals surface area contributed by atoms with Gasteiger partial charge in [0, 0.05) is 10.5 Å². The lowest BCUT2D eigenvalue weighted by Crippen LogP contribution is -2.19. The highest BCUT2D eigenvalue weighted by atomic mass is 79.9. The summed E-state index contributed by atoms with van der Waals surface area (Å²) in [6.45, 7) is 0. The number of rotatable bonds is 2. The topological polar surface area (TPSA) is 74.0 Å². The molecule has 0 aliphatic carbocycles. The zero-order valence-corrected chi connectivity index (χ0v) is 11.3. The Morgan fingerprint density at radius 1 is 1.56 bits per heavy atom. The van der Waals surface area contributed by atoms with Crippen LogP contribution >= 0.6 is 27.7 Å². The molecule has 0 saturated carbocycles. The third-order valence-electron chi connectivity index (χ3n) is 1.99. The van der Waals surface area contributed by atoms with Gasteiger partial charge in [0.05, 0.1) is 17.5 Å². The van der Waals surface area contributed by atoms with Crippen LogP contribution in [-0.2, 0) is 4.79 Å². The van der Waals surface area contributed by atoms with Gasteiger partial charge >= 0.3 is 0 Å².